The first-order valence-electron chi connectivity index (χ1n) is 41.9. The van der Waals surface area contributed by atoms with Gasteiger partial charge in [-0.05, 0) is 131 Å². The molecule has 51 heteroatoms. The van der Waals surface area contributed by atoms with E-state index in [1.165, 1.54) is 48.5 Å². The van der Waals surface area contributed by atoms with Crippen molar-refractivity contribution in [2.24, 2.45) is 34.4 Å². The van der Waals surface area contributed by atoms with Crippen molar-refractivity contribution >= 4 is 141 Å². The Labute approximate surface area is 755 Å². The van der Waals surface area contributed by atoms with Crippen molar-refractivity contribution in [2.75, 3.05) is 98.2 Å². The predicted molar refractivity (Wildman–Crippen MR) is 466 cm³/mol. The van der Waals surface area contributed by atoms with Crippen LogP contribution in [0.4, 0.5) is 0 Å². The summed E-state index contributed by atoms with van der Waals surface area (Å²) >= 11 is 0. The number of phenols is 2. The number of nitrogens with one attached hydrogen (secondary N) is 20. The van der Waals surface area contributed by atoms with Gasteiger partial charge in [0.15, 0.2) is 0 Å². The van der Waals surface area contributed by atoms with Gasteiger partial charge >= 0.3 is 5.97 Å². The lowest BCUT2D eigenvalue weighted by Gasteiger charge is -2.24. The minimum Gasteiger partial charge on any atom is -0.508 e. The fourth-order valence-corrected chi connectivity index (χ4v) is 12.1. The molecule has 51 nitrogen and oxygen atoms in total. The number of para-hydroxylation sites is 1. The molecule has 21 amide bonds. The lowest BCUT2D eigenvalue weighted by Crippen LogP contribution is -2.56. The summed E-state index contributed by atoms with van der Waals surface area (Å²) in [7, 11) is 0. The second-order valence-electron chi connectivity index (χ2n) is 29.9. The number of carbonyl (C=O) groups is 22. The fourth-order valence-electron chi connectivity index (χ4n) is 12.1. The summed E-state index contributed by atoms with van der Waals surface area (Å²) in [5, 5.41) is 73.5. The Bertz CT molecular complexity index is 4650. The molecule has 0 aliphatic heterocycles. The number of nitrogens with two attached hydrogens (primary N) is 6. The number of amides is 21. The van der Waals surface area contributed by atoms with E-state index in [1.54, 1.807) is 30.5 Å². The maximum absolute atomic E-state index is 13.9. The number of unbranched alkanes of at least 4 members (excludes halogenated alkanes) is 3. The first kappa shape index (κ1) is 109. The second-order valence-corrected chi connectivity index (χ2v) is 29.9. The standard InChI is InChI=1S/C81H118N26O25/c82-26-6-3-10-51(85)74(125)106-54(13-5-8-28-84)81(132)107-53(12-4-7-27-83)75(126)95-34-63(113)89-33-62(112)90-43-72(122)105-59(31-47-32-88-52-11-2-1-9-50(47)52)80(131)99-38-67(117)94-42-71(121)104-58(30-46-16-20-49(109)21-17-46)79(130)97-36-65(115)91-39-68(118)101-55(22-24-60(86)110)76(127)96-35-64(114)93-41-70(120)103-57(29-45-14-18-48(108)19-15-45)78(129)98-37-66(116)92-40-69(119)102-56(23-25-61(87)111)77(128)100-44-73(123)124/h1-2,9,11,14-21,32,51,53-59,88,108-109H,3-8,10,12-13,22-31,33-44,82-85H2,(H2,86,110)(H2,87,111)(H,89,113)(H,90,112)(H,91,115)(H,92,116)(H,93,114)(H,94,117)(H,95,126)(H,96,127)(H,97,130)(H,98,129)(H,99,131)(H,100,128)(H,101,118)(H,102,119)(H,103,120)(H,104,121)(H,105,122)(H,106,125)(H,107,132)(H,123,124)/t51-,53-,54-,55-,56-,57-,58-,59-/m0/s1. The molecule has 1 aromatic heterocycles. The summed E-state index contributed by atoms with van der Waals surface area (Å²) in [6.07, 6.45) is 2.99. The van der Waals surface area contributed by atoms with E-state index in [0.717, 1.165) is 0 Å². The van der Waals surface area contributed by atoms with Crippen LogP contribution >= 0.6 is 0 Å². The second kappa shape index (κ2) is 59.9. The molecule has 1 heterocycles. The van der Waals surface area contributed by atoms with Gasteiger partial charge in [-0.25, -0.2) is 0 Å². The SMILES string of the molecule is NCCCC[C@H](NC(=O)[C@H](CCCCN)NC(=O)[C@@H](N)CCCCN)C(=O)NCC(=O)NCC(=O)NCC(=O)N[C@@H](Cc1c[nH]c2ccccc12)C(=O)NCC(=O)NCC(=O)N[C@@H](Cc1ccc(O)cc1)C(=O)NCC(=O)NCC(=O)N[C@@H](CCC(N)=O)C(=O)NCC(=O)NCC(=O)N[C@@H](Cc1ccc(O)cc1)C(=O)NCC(=O)NCC(=O)N[C@@H](CCC(N)=O)C(=O)NCC(=O)O. The Balaban J connectivity index is 1.28. The minimum atomic E-state index is -1.59. The van der Waals surface area contributed by atoms with E-state index in [2.05, 4.69) is 101 Å². The molecule has 8 atom stereocenters. The summed E-state index contributed by atoms with van der Waals surface area (Å²) in [5.74, 6) is -20.8. The number of rotatable bonds is 63. The number of aromatic hydroxyl groups is 2. The van der Waals surface area contributed by atoms with Gasteiger partial charge in [0.05, 0.1) is 78.0 Å². The van der Waals surface area contributed by atoms with E-state index in [9.17, 15) is 116 Å². The minimum absolute atomic E-state index is 0.106. The van der Waals surface area contributed by atoms with Crippen LogP contribution in [0.1, 0.15) is 100 Å². The predicted octanol–water partition coefficient (Wildman–Crippen LogP) is -12.3. The average molecular weight is 1860 g/mol. The lowest BCUT2D eigenvalue weighted by atomic mass is 10.0. The third-order valence-corrected chi connectivity index (χ3v) is 19.1. The van der Waals surface area contributed by atoms with Gasteiger partial charge in [0.25, 0.3) is 0 Å². The summed E-state index contributed by atoms with van der Waals surface area (Å²) in [4.78, 5) is 288. The van der Waals surface area contributed by atoms with Crippen molar-refractivity contribution < 1.29 is 121 Å². The number of hydrogen-bond donors (Lipinski definition) is 29. The number of benzene rings is 3. The van der Waals surface area contributed by atoms with Crippen LogP contribution in [0.3, 0.4) is 0 Å². The Kier molecular flexibility index (Phi) is 49.6. The number of primary amides is 2. The molecule has 0 fully saturated rings. The van der Waals surface area contributed by atoms with Crippen LogP contribution in [0.15, 0.2) is 79.0 Å². The monoisotopic (exact) mass is 1850 g/mol. The summed E-state index contributed by atoms with van der Waals surface area (Å²) in [5.41, 5.74) is 35.4. The van der Waals surface area contributed by atoms with Crippen molar-refractivity contribution in [2.45, 2.75) is 151 Å². The van der Waals surface area contributed by atoms with E-state index in [-0.39, 0.29) is 63.0 Å². The van der Waals surface area contributed by atoms with E-state index >= 15 is 0 Å². The van der Waals surface area contributed by atoms with Crippen LogP contribution in [0.2, 0.25) is 0 Å². The van der Waals surface area contributed by atoms with E-state index in [1.807, 2.05) is 5.32 Å². The Morgan fingerprint density at radius 2 is 0.576 bits per heavy atom. The molecule has 0 unspecified atom stereocenters. The normalized spacial score (nSPS) is 12.5. The van der Waals surface area contributed by atoms with Crippen LogP contribution in [0, 0.1) is 0 Å². The van der Waals surface area contributed by atoms with E-state index in [0.29, 0.717) is 85.6 Å². The Morgan fingerprint density at radius 1 is 0.295 bits per heavy atom. The lowest BCUT2D eigenvalue weighted by molar-refractivity contribution is -0.138. The van der Waals surface area contributed by atoms with Crippen molar-refractivity contribution in [3.8, 4) is 11.5 Å². The van der Waals surface area contributed by atoms with Gasteiger partial charge in [0.2, 0.25) is 124 Å². The quantitative estimate of drug-likeness (QED) is 0.0183. The smallest absolute Gasteiger partial charge is 0.322 e. The maximum Gasteiger partial charge on any atom is 0.322 e. The molecule has 4 aromatic rings. The molecule has 0 spiro atoms. The molecule has 722 valence electrons. The zero-order valence-corrected chi connectivity index (χ0v) is 72.3. The number of hydrogen-bond acceptors (Lipinski definition) is 28. The first-order chi connectivity index (χ1) is 62.8. The van der Waals surface area contributed by atoms with Crippen molar-refractivity contribution in [1.82, 2.24) is 106 Å². The third-order valence-electron chi connectivity index (χ3n) is 19.1. The molecule has 4 rings (SSSR count). The highest BCUT2D eigenvalue weighted by atomic mass is 16.4. The fraction of sp³-hybridized carbons (Fsp3) is 0.481. The third kappa shape index (κ3) is 45.1. The van der Waals surface area contributed by atoms with Gasteiger partial charge < -0.3 is 156 Å². The van der Waals surface area contributed by atoms with Gasteiger partial charge in [-0.2, -0.15) is 0 Å². The topological polar surface area (TPSA) is 837 Å². The highest BCUT2D eigenvalue weighted by molar-refractivity contribution is 6.00. The van der Waals surface area contributed by atoms with Gasteiger partial charge in [0.1, 0.15) is 60.3 Å². The van der Waals surface area contributed by atoms with Crippen LogP contribution in [-0.4, -0.2) is 297 Å². The molecule has 0 bridgehead atoms. The number of aliphatic carboxylic acids is 1. The van der Waals surface area contributed by atoms with Gasteiger partial charge in [-0.15, -0.1) is 0 Å². The molecule has 0 aliphatic carbocycles. The summed E-state index contributed by atoms with van der Waals surface area (Å²) in [6, 6.07) is 7.17. The van der Waals surface area contributed by atoms with Crippen molar-refractivity contribution in [1.29, 1.82) is 0 Å². The molecule has 0 aliphatic rings. The Morgan fingerprint density at radius 3 is 0.917 bits per heavy atom. The molecular weight excluding hydrogens is 1740 g/mol. The van der Waals surface area contributed by atoms with Crippen molar-refractivity contribution in [3.63, 3.8) is 0 Å². The van der Waals surface area contributed by atoms with Crippen molar-refractivity contribution in [3.05, 3.63) is 95.7 Å². The summed E-state index contributed by atoms with van der Waals surface area (Å²) in [6.45, 7) is -8.40. The largest absolute Gasteiger partial charge is 0.508 e. The maximum atomic E-state index is 13.9. The number of aromatic nitrogens is 1. The highest BCUT2D eigenvalue weighted by Crippen LogP contribution is 2.20. The molecule has 0 saturated heterocycles. The molecule has 132 heavy (non-hydrogen) atoms. The number of fused-ring (bicyclic) bond motifs is 1. The number of phenolic OH excluding ortho intramolecular Hbond substituents is 2. The number of carboxylic acids is 1. The van der Waals surface area contributed by atoms with Gasteiger partial charge in [0, 0.05) is 49.2 Å². The molecular formula is C81H118N26O25. The van der Waals surface area contributed by atoms with Gasteiger partial charge in [-0.3, -0.25) is 105 Å². The zero-order valence-electron chi connectivity index (χ0n) is 72.3. The number of carboxylic acid groups (broad SMARTS) is 1. The first-order valence-corrected chi connectivity index (χ1v) is 41.9. The molecule has 35 N–H and O–H groups in total. The number of aromatic amines is 1. The molecule has 0 saturated carbocycles. The molecule has 3 aromatic carbocycles. The van der Waals surface area contributed by atoms with E-state index < -0.39 is 270 Å². The molecule has 0 radical (unpaired) electrons. The average Bonchev–Trinajstić information content (AvgIpc) is 1.67. The highest BCUT2D eigenvalue weighted by Gasteiger charge is 2.32. The summed E-state index contributed by atoms with van der Waals surface area (Å²) < 4.78 is 0. The zero-order chi connectivity index (χ0) is 97.6. The van der Waals surface area contributed by atoms with Gasteiger partial charge in [-0.1, -0.05) is 48.9 Å². The Hall–Kier alpha value is -15.0. The van der Waals surface area contributed by atoms with E-state index in [4.69, 9.17) is 39.5 Å². The number of carbonyl (C=O) groups excluding carboxylic acids is 21. The van der Waals surface area contributed by atoms with Crippen LogP contribution in [-0.2, 0) is 125 Å². The van der Waals surface area contributed by atoms with Crippen LogP contribution in [0.5, 0.6) is 11.5 Å². The van der Waals surface area contributed by atoms with Crippen LogP contribution < -0.4 is 135 Å². The van der Waals surface area contributed by atoms with Crippen LogP contribution in [0.25, 0.3) is 10.9 Å². The number of H-pyrrole nitrogens is 1.